The molecule has 0 aromatic heterocycles. The van der Waals surface area contributed by atoms with Gasteiger partial charge in [0.2, 0.25) is 5.91 Å². The summed E-state index contributed by atoms with van der Waals surface area (Å²) in [6, 6.07) is 9.46. The molecule has 5 heteroatoms. The minimum atomic E-state index is -2.98. The maximum Gasteiger partial charge on any atom is 0.249 e. The quantitative estimate of drug-likeness (QED) is 0.801. The van der Waals surface area contributed by atoms with E-state index < -0.39 is 9.84 Å². The van der Waals surface area contributed by atoms with E-state index in [9.17, 15) is 13.2 Å². The number of likely N-dealkylation sites (N-methyl/N-ethyl adjacent to an activating group) is 1. The third-order valence-corrected chi connectivity index (χ3v) is 5.52. The van der Waals surface area contributed by atoms with Crippen LogP contribution in [0.4, 0.5) is 0 Å². The summed E-state index contributed by atoms with van der Waals surface area (Å²) in [5.74, 6) is 0.192. The zero-order valence-corrected chi connectivity index (χ0v) is 13.3. The van der Waals surface area contributed by atoms with Crippen LogP contribution < -0.4 is 0 Å². The second-order valence-corrected chi connectivity index (χ2v) is 7.61. The van der Waals surface area contributed by atoms with E-state index in [1.54, 1.807) is 11.8 Å². The summed E-state index contributed by atoms with van der Waals surface area (Å²) in [6.45, 7) is 4.19. The Labute approximate surface area is 126 Å². The van der Waals surface area contributed by atoms with Crippen molar-refractivity contribution in [2.24, 2.45) is 0 Å². The van der Waals surface area contributed by atoms with Crippen molar-refractivity contribution >= 4 is 21.8 Å². The molecule has 1 atom stereocenters. The number of carbonyl (C=O) groups excluding carboxylic acids is 1. The largest absolute Gasteiger partial charge is 0.335 e. The fourth-order valence-electron chi connectivity index (χ4n) is 2.68. The van der Waals surface area contributed by atoms with Crippen molar-refractivity contribution in [2.45, 2.75) is 26.3 Å². The molecule has 1 aliphatic heterocycles. The molecule has 1 aliphatic rings. The van der Waals surface area contributed by atoms with E-state index in [1.165, 1.54) is 0 Å². The zero-order valence-electron chi connectivity index (χ0n) is 12.5. The summed E-state index contributed by atoms with van der Waals surface area (Å²) < 4.78 is 23.2. The van der Waals surface area contributed by atoms with Crippen LogP contribution >= 0.6 is 0 Å². The average molecular weight is 307 g/mol. The molecule has 21 heavy (non-hydrogen) atoms. The molecule has 1 heterocycles. The Morgan fingerprint density at radius 3 is 2.52 bits per heavy atom. The van der Waals surface area contributed by atoms with Gasteiger partial charge in [0.1, 0.15) is 0 Å². The van der Waals surface area contributed by atoms with Gasteiger partial charge < -0.3 is 4.90 Å². The normalized spacial score (nSPS) is 21.2. The molecular formula is C16H21NO3S. The number of amides is 1. The summed E-state index contributed by atoms with van der Waals surface area (Å²) in [5, 5.41) is 0. The van der Waals surface area contributed by atoms with Gasteiger partial charge in [-0.15, -0.1) is 0 Å². The van der Waals surface area contributed by atoms with E-state index in [1.807, 2.05) is 43.3 Å². The minimum absolute atomic E-state index is 0.0801. The molecule has 1 fully saturated rings. The average Bonchev–Trinajstić information content (AvgIpc) is 2.80. The van der Waals surface area contributed by atoms with Crippen molar-refractivity contribution in [1.82, 2.24) is 4.90 Å². The highest BCUT2D eigenvalue weighted by Gasteiger charge is 2.34. The van der Waals surface area contributed by atoms with Crippen LogP contribution in [0.2, 0.25) is 0 Å². The van der Waals surface area contributed by atoms with E-state index >= 15 is 0 Å². The SMILES string of the molecule is CCN(C(=O)/C(C)=C/c1ccccc1)C1CCS(=O)(=O)C1. The van der Waals surface area contributed by atoms with Gasteiger partial charge in [-0.2, -0.15) is 0 Å². The molecule has 2 rings (SSSR count). The summed E-state index contributed by atoms with van der Waals surface area (Å²) in [7, 11) is -2.98. The Balaban J connectivity index is 2.15. The van der Waals surface area contributed by atoms with Crippen LogP contribution in [0.15, 0.2) is 35.9 Å². The monoisotopic (exact) mass is 307 g/mol. The topological polar surface area (TPSA) is 54.5 Å². The second kappa shape index (κ2) is 6.43. The molecule has 0 aliphatic carbocycles. The Bertz CT molecular complexity index is 635. The van der Waals surface area contributed by atoms with Crippen molar-refractivity contribution in [1.29, 1.82) is 0 Å². The Kier molecular flexibility index (Phi) is 4.83. The van der Waals surface area contributed by atoms with Gasteiger partial charge >= 0.3 is 0 Å². The Morgan fingerprint density at radius 2 is 2.00 bits per heavy atom. The van der Waals surface area contributed by atoms with Crippen LogP contribution in [-0.2, 0) is 14.6 Å². The van der Waals surface area contributed by atoms with E-state index in [-0.39, 0.29) is 23.5 Å². The standard InChI is InChI=1S/C16H21NO3S/c1-3-17(15-9-10-21(19,20)12-15)16(18)13(2)11-14-7-5-4-6-8-14/h4-8,11,15H,3,9-10,12H2,1-2H3/b13-11+. The van der Waals surface area contributed by atoms with Crippen molar-refractivity contribution in [3.8, 4) is 0 Å². The molecule has 1 unspecified atom stereocenters. The molecule has 114 valence electrons. The van der Waals surface area contributed by atoms with Gasteiger partial charge in [-0.1, -0.05) is 30.3 Å². The molecule has 0 spiro atoms. The third-order valence-electron chi connectivity index (χ3n) is 3.77. The predicted octanol–water partition coefficient (Wildman–Crippen LogP) is 2.13. The highest BCUT2D eigenvalue weighted by molar-refractivity contribution is 7.91. The number of benzene rings is 1. The van der Waals surface area contributed by atoms with Gasteiger partial charge in [-0.05, 0) is 31.9 Å². The van der Waals surface area contributed by atoms with Crippen LogP contribution in [-0.4, -0.2) is 43.3 Å². The lowest BCUT2D eigenvalue weighted by molar-refractivity contribution is -0.128. The zero-order chi connectivity index (χ0) is 15.5. The number of sulfone groups is 1. The van der Waals surface area contributed by atoms with Gasteiger partial charge in [0, 0.05) is 18.2 Å². The number of nitrogens with zero attached hydrogens (tertiary/aromatic N) is 1. The lowest BCUT2D eigenvalue weighted by Gasteiger charge is -2.27. The van der Waals surface area contributed by atoms with Crippen LogP contribution in [0.25, 0.3) is 6.08 Å². The second-order valence-electron chi connectivity index (χ2n) is 5.39. The molecular weight excluding hydrogens is 286 g/mol. The number of hydrogen-bond donors (Lipinski definition) is 0. The van der Waals surface area contributed by atoms with Gasteiger partial charge in [0.05, 0.1) is 11.5 Å². The first-order valence-electron chi connectivity index (χ1n) is 7.17. The van der Waals surface area contributed by atoms with Crippen molar-refractivity contribution in [3.63, 3.8) is 0 Å². The highest BCUT2D eigenvalue weighted by atomic mass is 32.2. The summed E-state index contributed by atoms with van der Waals surface area (Å²) in [5.41, 5.74) is 1.60. The number of hydrogen-bond acceptors (Lipinski definition) is 3. The van der Waals surface area contributed by atoms with Crippen molar-refractivity contribution in [2.75, 3.05) is 18.1 Å². The van der Waals surface area contributed by atoms with Crippen molar-refractivity contribution < 1.29 is 13.2 Å². The van der Waals surface area contributed by atoms with Crippen molar-refractivity contribution in [3.05, 3.63) is 41.5 Å². The Hall–Kier alpha value is -1.62. The lowest BCUT2D eigenvalue weighted by atomic mass is 10.1. The fourth-order valence-corrected chi connectivity index (χ4v) is 4.41. The first kappa shape index (κ1) is 15.8. The first-order valence-corrected chi connectivity index (χ1v) is 9.00. The molecule has 0 radical (unpaired) electrons. The number of rotatable bonds is 4. The fraction of sp³-hybridized carbons (Fsp3) is 0.438. The molecule has 1 amide bonds. The van der Waals surface area contributed by atoms with Crippen LogP contribution in [0.3, 0.4) is 0 Å². The smallest absolute Gasteiger partial charge is 0.249 e. The number of carbonyl (C=O) groups is 1. The molecule has 1 aromatic carbocycles. The van der Waals surface area contributed by atoms with Gasteiger partial charge in [0.15, 0.2) is 9.84 Å². The van der Waals surface area contributed by atoms with Gasteiger partial charge in [-0.3, -0.25) is 4.79 Å². The maximum atomic E-state index is 12.5. The molecule has 1 saturated heterocycles. The predicted molar refractivity (Wildman–Crippen MR) is 84.5 cm³/mol. The first-order chi connectivity index (χ1) is 9.93. The Morgan fingerprint density at radius 1 is 1.33 bits per heavy atom. The third kappa shape index (κ3) is 3.94. The van der Waals surface area contributed by atoms with Gasteiger partial charge in [0.25, 0.3) is 0 Å². The highest BCUT2D eigenvalue weighted by Crippen LogP contribution is 2.20. The van der Waals surface area contributed by atoms with E-state index in [0.29, 0.717) is 18.5 Å². The summed E-state index contributed by atoms with van der Waals surface area (Å²) >= 11 is 0. The van der Waals surface area contributed by atoms with E-state index in [0.717, 1.165) is 5.56 Å². The van der Waals surface area contributed by atoms with Crippen LogP contribution in [0.5, 0.6) is 0 Å². The molecule has 1 aromatic rings. The van der Waals surface area contributed by atoms with Gasteiger partial charge in [-0.25, -0.2) is 8.42 Å². The van der Waals surface area contributed by atoms with Crippen LogP contribution in [0, 0.1) is 0 Å². The summed E-state index contributed by atoms with van der Waals surface area (Å²) in [6.07, 6.45) is 2.38. The summed E-state index contributed by atoms with van der Waals surface area (Å²) in [4.78, 5) is 14.2. The molecule has 0 N–H and O–H groups in total. The molecule has 0 saturated carbocycles. The minimum Gasteiger partial charge on any atom is -0.335 e. The molecule has 0 bridgehead atoms. The maximum absolute atomic E-state index is 12.5. The van der Waals surface area contributed by atoms with Crippen LogP contribution in [0.1, 0.15) is 25.8 Å². The van der Waals surface area contributed by atoms with E-state index in [2.05, 4.69) is 0 Å². The lowest BCUT2D eigenvalue weighted by Crippen LogP contribution is -2.41. The van der Waals surface area contributed by atoms with E-state index in [4.69, 9.17) is 0 Å². The molecule has 4 nitrogen and oxygen atoms in total.